The molecule has 2 aliphatic rings. The van der Waals surface area contributed by atoms with Crippen molar-refractivity contribution in [1.29, 1.82) is 0 Å². The average molecular weight is 207 g/mol. The van der Waals surface area contributed by atoms with E-state index in [9.17, 15) is 4.39 Å². The quantitative estimate of drug-likeness (QED) is 0.659. The first-order valence-electron chi connectivity index (χ1n) is 5.60. The van der Waals surface area contributed by atoms with Crippen molar-refractivity contribution in [3.05, 3.63) is 18.3 Å². The molecule has 1 saturated carbocycles. The van der Waals surface area contributed by atoms with Crippen molar-refractivity contribution in [3.63, 3.8) is 0 Å². The molecule has 1 saturated heterocycles. The van der Waals surface area contributed by atoms with Gasteiger partial charge in [-0.15, -0.1) is 0 Å². The number of fused-ring (bicyclic) bond motifs is 1. The summed E-state index contributed by atoms with van der Waals surface area (Å²) >= 11 is 0. The summed E-state index contributed by atoms with van der Waals surface area (Å²) in [6.45, 7) is 1.02. The van der Waals surface area contributed by atoms with Crippen LogP contribution in [0.5, 0.6) is 0 Å². The Morgan fingerprint density at radius 1 is 1.33 bits per heavy atom. The molecule has 0 N–H and O–H groups in total. The van der Waals surface area contributed by atoms with Gasteiger partial charge in [0.15, 0.2) is 0 Å². The molecular weight excluding hydrogens is 193 g/mol. The minimum Gasteiger partial charge on any atom is -0.353 e. The smallest absolute Gasteiger partial charge is 0.310 e. The predicted octanol–water partition coefficient (Wildman–Crippen LogP) is 1.99. The molecule has 1 aliphatic carbocycles. The molecule has 2 heterocycles. The Morgan fingerprint density at radius 3 is 3.13 bits per heavy atom. The van der Waals surface area contributed by atoms with E-state index in [2.05, 4.69) is 14.9 Å². The fourth-order valence-electron chi connectivity index (χ4n) is 3.01. The van der Waals surface area contributed by atoms with E-state index in [1.54, 1.807) is 0 Å². The second-order valence-corrected chi connectivity index (χ2v) is 4.42. The topological polar surface area (TPSA) is 29.0 Å². The summed E-state index contributed by atoms with van der Waals surface area (Å²) in [6, 6.07) is 2.41. The Balaban J connectivity index is 1.88. The van der Waals surface area contributed by atoms with Gasteiger partial charge in [0, 0.05) is 18.8 Å². The third-order valence-corrected chi connectivity index (χ3v) is 3.67. The van der Waals surface area contributed by atoms with Crippen molar-refractivity contribution >= 4 is 5.82 Å². The van der Waals surface area contributed by atoms with Gasteiger partial charge in [0.05, 0.1) is 0 Å². The zero-order valence-corrected chi connectivity index (χ0v) is 8.56. The van der Waals surface area contributed by atoms with Gasteiger partial charge in [-0.1, -0.05) is 6.42 Å². The minimum atomic E-state index is -0.617. The number of nitrogens with zero attached hydrogens (tertiary/aromatic N) is 3. The maximum absolute atomic E-state index is 12.9. The van der Waals surface area contributed by atoms with E-state index >= 15 is 0 Å². The van der Waals surface area contributed by atoms with Crippen molar-refractivity contribution in [1.82, 2.24) is 9.97 Å². The van der Waals surface area contributed by atoms with Crippen molar-refractivity contribution in [2.45, 2.75) is 31.7 Å². The summed E-state index contributed by atoms with van der Waals surface area (Å²) in [5.74, 6) is 1.57. The molecule has 2 unspecified atom stereocenters. The van der Waals surface area contributed by atoms with Gasteiger partial charge in [-0.3, -0.25) is 0 Å². The first-order chi connectivity index (χ1) is 7.34. The molecule has 0 spiro atoms. The third kappa shape index (κ3) is 1.48. The standard InChI is InChI=1S/C11H14FN3/c12-11-13-6-4-10(14-11)15-7-5-8-2-1-3-9(8)15/h4,6,8-9H,1-3,5,7H2. The Hall–Kier alpha value is -1.19. The molecule has 3 nitrogen and oxygen atoms in total. The van der Waals surface area contributed by atoms with Crippen LogP contribution in [0, 0.1) is 12.0 Å². The lowest BCUT2D eigenvalue weighted by Gasteiger charge is -2.24. The van der Waals surface area contributed by atoms with E-state index in [1.807, 2.05) is 6.07 Å². The lowest BCUT2D eigenvalue weighted by atomic mass is 10.1. The fraction of sp³-hybridized carbons (Fsp3) is 0.636. The predicted molar refractivity (Wildman–Crippen MR) is 55.1 cm³/mol. The zero-order chi connectivity index (χ0) is 10.3. The number of hydrogen-bond acceptors (Lipinski definition) is 3. The molecule has 0 radical (unpaired) electrons. The van der Waals surface area contributed by atoms with Gasteiger partial charge in [0.2, 0.25) is 0 Å². The first kappa shape index (κ1) is 9.07. The summed E-state index contributed by atoms with van der Waals surface area (Å²) in [5, 5.41) is 0. The normalized spacial score (nSPS) is 29.5. The number of hydrogen-bond donors (Lipinski definition) is 0. The van der Waals surface area contributed by atoms with Crippen LogP contribution in [0.25, 0.3) is 0 Å². The van der Waals surface area contributed by atoms with Crippen molar-refractivity contribution in [2.75, 3.05) is 11.4 Å². The van der Waals surface area contributed by atoms with Gasteiger partial charge >= 0.3 is 6.08 Å². The number of halogens is 1. The summed E-state index contributed by atoms with van der Waals surface area (Å²) in [6.07, 6.45) is 5.98. The molecule has 0 aromatic carbocycles. The molecule has 0 amide bonds. The maximum Gasteiger partial charge on any atom is 0.310 e. The SMILES string of the molecule is Fc1nccc(N2CCC3CCCC32)n1. The van der Waals surface area contributed by atoms with E-state index in [0.29, 0.717) is 6.04 Å². The Morgan fingerprint density at radius 2 is 2.27 bits per heavy atom. The maximum atomic E-state index is 12.9. The molecule has 15 heavy (non-hydrogen) atoms. The molecule has 0 bridgehead atoms. The molecule has 1 aromatic heterocycles. The second kappa shape index (κ2) is 3.43. The number of rotatable bonds is 1. The Bertz CT molecular complexity index is 369. The summed E-state index contributed by atoms with van der Waals surface area (Å²) in [5.41, 5.74) is 0. The van der Waals surface area contributed by atoms with Crippen LogP contribution in [0.3, 0.4) is 0 Å². The van der Waals surface area contributed by atoms with Gasteiger partial charge < -0.3 is 4.90 Å². The van der Waals surface area contributed by atoms with Crippen LogP contribution >= 0.6 is 0 Å². The van der Waals surface area contributed by atoms with E-state index < -0.39 is 6.08 Å². The molecule has 2 fully saturated rings. The lowest BCUT2D eigenvalue weighted by Crippen LogP contribution is -2.30. The van der Waals surface area contributed by atoms with Crippen LogP contribution < -0.4 is 4.90 Å². The molecule has 3 rings (SSSR count). The summed E-state index contributed by atoms with van der Waals surface area (Å²) < 4.78 is 12.9. The molecule has 1 aromatic rings. The van der Waals surface area contributed by atoms with Gasteiger partial charge in [-0.05, 0) is 31.2 Å². The highest BCUT2D eigenvalue weighted by atomic mass is 19.1. The van der Waals surface area contributed by atoms with Gasteiger partial charge in [-0.25, -0.2) is 4.98 Å². The van der Waals surface area contributed by atoms with Gasteiger partial charge in [-0.2, -0.15) is 9.37 Å². The first-order valence-corrected chi connectivity index (χ1v) is 5.60. The van der Waals surface area contributed by atoms with Crippen molar-refractivity contribution in [3.8, 4) is 0 Å². The van der Waals surface area contributed by atoms with Crippen LogP contribution in [0.15, 0.2) is 12.3 Å². The highest BCUT2D eigenvalue weighted by Gasteiger charge is 2.38. The van der Waals surface area contributed by atoms with E-state index in [0.717, 1.165) is 18.3 Å². The van der Waals surface area contributed by atoms with E-state index in [-0.39, 0.29) is 0 Å². The van der Waals surface area contributed by atoms with E-state index in [4.69, 9.17) is 0 Å². The third-order valence-electron chi connectivity index (χ3n) is 3.67. The highest BCUT2D eigenvalue weighted by Crippen LogP contribution is 2.39. The molecule has 4 heteroatoms. The Labute approximate surface area is 88.3 Å². The van der Waals surface area contributed by atoms with Crippen LogP contribution in [-0.2, 0) is 0 Å². The zero-order valence-electron chi connectivity index (χ0n) is 8.56. The Kier molecular flexibility index (Phi) is 2.08. The van der Waals surface area contributed by atoms with E-state index in [1.165, 1.54) is 31.9 Å². The monoisotopic (exact) mass is 207 g/mol. The van der Waals surface area contributed by atoms with Crippen LogP contribution in [0.4, 0.5) is 10.2 Å². The van der Waals surface area contributed by atoms with Gasteiger partial charge in [0.1, 0.15) is 5.82 Å². The van der Waals surface area contributed by atoms with Crippen LogP contribution in [0.1, 0.15) is 25.7 Å². The molecule has 1 aliphatic heterocycles. The summed E-state index contributed by atoms with van der Waals surface area (Å²) in [7, 11) is 0. The largest absolute Gasteiger partial charge is 0.353 e. The fourth-order valence-corrected chi connectivity index (χ4v) is 3.01. The summed E-state index contributed by atoms with van der Waals surface area (Å²) in [4.78, 5) is 9.61. The van der Waals surface area contributed by atoms with Gasteiger partial charge in [0.25, 0.3) is 0 Å². The lowest BCUT2D eigenvalue weighted by molar-refractivity contribution is 0.524. The number of aromatic nitrogens is 2. The average Bonchev–Trinajstić information content (AvgIpc) is 2.77. The van der Waals surface area contributed by atoms with Crippen molar-refractivity contribution in [2.24, 2.45) is 5.92 Å². The minimum absolute atomic E-state index is 0.597. The highest BCUT2D eigenvalue weighted by molar-refractivity contribution is 5.40. The second-order valence-electron chi connectivity index (χ2n) is 4.42. The number of anilines is 1. The van der Waals surface area contributed by atoms with Crippen LogP contribution in [-0.4, -0.2) is 22.6 Å². The molecule has 80 valence electrons. The van der Waals surface area contributed by atoms with Crippen LogP contribution in [0.2, 0.25) is 0 Å². The molecular formula is C11H14FN3. The van der Waals surface area contributed by atoms with Crippen molar-refractivity contribution < 1.29 is 4.39 Å². The molecule has 2 atom stereocenters.